The van der Waals surface area contributed by atoms with Gasteiger partial charge >= 0.3 is 0 Å². The smallest absolute Gasteiger partial charge is 0.224 e. The summed E-state index contributed by atoms with van der Waals surface area (Å²) >= 11 is 0. The zero-order chi connectivity index (χ0) is 19.9. The van der Waals surface area contributed by atoms with E-state index in [2.05, 4.69) is 72.4 Å². The Balaban J connectivity index is 1.48. The quantitative estimate of drug-likeness (QED) is 0.786. The Morgan fingerprint density at radius 1 is 1.00 bits per heavy atom. The van der Waals surface area contributed by atoms with Crippen molar-refractivity contribution in [1.82, 2.24) is 9.80 Å². The number of amides is 1. The standard InChI is InChI=1S/C24H33N3O/c1-19(2)22-10-7-20(8-11-22)9-12-24(28)25-23-6-4-5-21(17-23)18-27-15-13-26(3)14-16-27/h4-8,10-11,17,19H,9,12-16,18H2,1-3H3,(H,25,28). The molecular formula is C24H33N3O. The molecule has 0 saturated carbocycles. The molecule has 1 fully saturated rings. The van der Waals surface area contributed by atoms with Gasteiger partial charge in [-0.25, -0.2) is 0 Å². The number of likely N-dealkylation sites (N-methyl/N-ethyl adjacent to an activating group) is 1. The van der Waals surface area contributed by atoms with Crippen LogP contribution in [0.4, 0.5) is 5.69 Å². The zero-order valence-electron chi connectivity index (χ0n) is 17.4. The molecule has 1 saturated heterocycles. The maximum absolute atomic E-state index is 12.4. The molecule has 2 aromatic carbocycles. The van der Waals surface area contributed by atoms with Crippen molar-refractivity contribution in [1.29, 1.82) is 0 Å². The molecule has 150 valence electrons. The van der Waals surface area contributed by atoms with Crippen molar-refractivity contribution in [3.05, 3.63) is 65.2 Å². The minimum Gasteiger partial charge on any atom is -0.326 e. The van der Waals surface area contributed by atoms with Gasteiger partial charge in [0.1, 0.15) is 0 Å². The molecule has 1 N–H and O–H groups in total. The van der Waals surface area contributed by atoms with Crippen LogP contribution in [0, 0.1) is 0 Å². The highest BCUT2D eigenvalue weighted by molar-refractivity contribution is 5.90. The molecule has 0 aromatic heterocycles. The third-order valence-corrected chi connectivity index (χ3v) is 5.50. The lowest BCUT2D eigenvalue weighted by molar-refractivity contribution is -0.116. The van der Waals surface area contributed by atoms with Crippen molar-refractivity contribution in [2.45, 2.75) is 39.2 Å². The molecule has 0 spiro atoms. The third kappa shape index (κ3) is 6.18. The van der Waals surface area contributed by atoms with Crippen LogP contribution in [0.1, 0.15) is 42.9 Å². The molecule has 2 aromatic rings. The number of rotatable bonds is 7. The number of anilines is 1. The van der Waals surface area contributed by atoms with Crippen LogP contribution in [0.25, 0.3) is 0 Å². The van der Waals surface area contributed by atoms with Crippen LogP contribution >= 0.6 is 0 Å². The lowest BCUT2D eigenvalue weighted by atomic mass is 10.0. The number of nitrogens with one attached hydrogen (secondary N) is 1. The Hall–Kier alpha value is -2.17. The first-order chi connectivity index (χ1) is 13.5. The molecule has 0 unspecified atom stereocenters. The topological polar surface area (TPSA) is 35.6 Å². The number of carbonyl (C=O) groups is 1. The lowest BCUT2D eigenvalue weighted by Gasteiger charge is -2.32. The monoisotopic (exact) mass is 379 g/mol. The molecule has 1 aliphatic rings. The largest absolute Gasteiger partial charge is 0.326 e. The molecule has 0 radical (unpaired) electrons. The van der Waals surface area contributed by atoms with Gasteiger partial charge in [0, 0.05) is 44.8 Å². The molecule has 3 rings (SSSR count). The average Bonchev–Trinajstić information content (AvgIpc) is 2.69. The first kappa shape index (κ1) is 20.6. The van der Waals surface area contributed by atoms with Gasteiger partial charge in [0.15, 0.2) is 0 Å². The highest BCUT2D eigenvalue weighted by Gasteiger charge is 2.14. The van der Waals surface area contributed by atoms with Crippen molar-refractivity contribution in [2.24, 2.45) is 0 Å². The first-order valence-corrected chi connectivity index (χ1v) is 10.4. The molecule has 4 nitrogen and oxygen atoms in total. The van der Waals surface area contributed by atoms with Crippen molar-refractivity contribution in [3.8, 4) is 0 Å². The fourth-order valence-corrected chi connectivity index (χ4v) is 3.56. The molecule has 1 aliphatic heterocycles. The van der Waals surface area contributed by atoms with Gasteiger partial charge in [-0.3, -0.25) is 9.69 Å². The van der Waals surface area contributed by atoms with Gasteiger partial charge in [-0.2, -0.15) is 0 Å². The second kappa shape index (κ2) is 9.85. The van der Waals surface area contributed by atoms with E-state index in [1.54, 1.807) is 0 Å². The molecule has 0 atom stereocenters. The number of nitrogens with zero attached hydrogens (tertiary/aromatic N) is 2. The van der Waals surface area contributed by atoms with E-state index in [0.29, 0.717) is 12.3 Å². The molecule has 1 amide bonds. The summed E-state index contributed by atoms with van der Waals surface area (Å²) in [4.78, 5) is 17.2. The van der Waals surface area contributed by atoms with E-state index in [1.807, 2.05) is 12.1 Å². The summed E-state index contributed by atoms with van der Waals surface area (Å²) in [6, 6.07) is 16.9. The van der Waals surface area contributed by atoms with Crippen LogP contribution in [-0.2, 0) is 17.8 Å². The predicted molar refractivity (Wildman–Crippen MR) is 117 cm³/mol. The molecule has 1 heterocycles. The number of aryl methyl sites for hydroxylation is 1. The zero-order valence-corrected chi connectivity index (χ0v) is 17.4. The summed E-state index contributed by atoms with van der Waals surface area (Å²) in [7, 11) is 2.17. The summed E-state index contributed by atoms with van der Waals surface area (Å²) in [5.41, 5.74) is 4.70. The van der Waals surface area contributed by atoms with Crippen LogP contribution in [0.2, 0.25) is 0 Å². The van der Waals surface area contributed by atoms with E-state index < -0.39 is 0 Å². The second-order valence-electron chi connectivity index (χ2n) is 8.22. The van der Waals surface area contributed by atoms with Crippen LogP contribution < -0.4 is 5.32 Å². The van der Waals surface area contributed by atoms with Gasteiger partial charge in [0.2, 0.25) is 5.91 Å². The van der Waals surface area contributed by atoms with Crippen molar-refractivity contribution in [2.75, 3.05) is 38.5 Å². The Morgan fingerprint density at radius 3 is 2.39 bits per heavy atom. The van der Waals surface area contributed by atoms with Gasteiger partial charge in [-0.1, -0.05) is 50.2 Å². The van der Waals surface area contributed by atoms with E-state index in [9.17, 15) is 4.79 Å². The molecule has 0 bridgehead atoms. The fourth-order valence-electron chi connectivity index (χ4n) is 3.56. The van der Waals surface area contributed by atoms with Crippen LogP contribution in [0.15, 0.2) is 48.5 Å². The van der Waals surface area contributed by atoms with Gasteiger partial charge in [0.05, 0.1) is 0 Å². The van der Waals surface area contributed by atoms with E-state index in [-0.39, 0.29) is 5.91 Å². The Bertz CT molecular complexity index is 762. The second-order valence-corrected chi connectivity index (χ2v) is 8.22. The van der Waals surface area contributed by atoms with E-state index in [0.717, 1.165) is 44.8 Å². The van der Waals surface area contributed by atoms with E-state index in [1.165, 1.54) is 16.7 Å². The van der Waals surface area contributed by atoms with Crippen molar-refractivity contribution >= 4 is 11.6 Å². The Labute approximate surface area is 169 Å². The normalized spacial score (nSPS) is 15.7. The van der Waals surface area contributed by atoms with Gasteiger partial charge < -0.3 is 10.2 Å². The van der Waals surface area contributed by atoms with Gasteiger partial charge in [0.25, 0.3) is 0 Å². The summed E-state index contributed by atoms with van der Waals surface area (Å²) in [5.74, 6) is 0.611. The number of benzene rings is 2. The third-order valence-electron chi connectivity index (χ3n) is 5.50. The van der Waals surface area contributed by atoms with E-state index >= 15 is 0 Å². The van der Waals surface area contributed by atoms with Crippen LogP contribution in [0.5, 0.6) is 0 Å². The molecule has 4 heteroatoms. The van der Waals surface area contributed by atoms with Gasteiger partial charge in [-0.05, 0) is 48.2 Å². The SMILES string of the molecule is CC(C)c1ccc(CCC(=O)Nc2cccc(CN3CCN(C)CC3)c2)cc1. The number of hydrogen-bond donors (Lipinski definition) is 1. The molecular weight excluding hydrogens is 346 g/mol. The number of hydrogen-bond acceptors (Lipinski definition) is 3. The predicted octanol–water partition coefficient (Wildman–Crippen LogP) is 4.13. The average molecular weight is 380 g/mol. The minimum atomic E-state index is 0.0738. The fraction of sp³-hybridized carbons (Fsp3) is 0.458. The summed E-state index contributed by atoms with van der Waals surface area (Å²) in [5, 5.41) is 3.06. The van der Waals surface area contributed by atoms with Crippen LogP contribution in [-0.4, -0.2) is 48.9 Å². The highest BCUT2D eigenvalue weighted by Crippen LogP contribution is 2.17. The maximum atomic E-state index is 12.4. The number of piperazine rings is 1. The van der Waals surface area contributed by atoms with Gasteiger partial charge in [-0.15, -0.1) is 0 Å². The summed E-state index contributed by atoms with van der Waals surface area (Å²) < 4.78 is 0. The number of carbonyl (C=O) groups excluding carboxylic acids is 1. The minimum absolute atomic E-state index is 0.0738. The Morgan fingerprint density at radius 2 is 1.71 bits per heavy atom. The Kier molecular flexibility index (Phi) is 7.24. The summed E-state index contributed by atoms with van der Waals surface area (Å²) in [6.45, 7) is 9.77. The van der Waals surface area contributed by atoms with E-state index in [4.69, 9.17) is 0 Å². The maximum Gasteiger partial charge on any atom is 0.224 e. The molecule has 28 heavy (non-hydrogen) atoms. The van der Waals surface area contributed by atoms with Crippen molar-refractivity contribution < 1.29 is 4.79 Å². The summed E-state index contributed by atoms with van der Waals surface area (Å²) in [6.07, 6.45) is 1.27. The first-order valence-electron chi connectivity index (χ1n) is 10.4. The molecule has 0 aliphatic carbocycles. The highest BCUT2D eigenvalue weighted by atomic mass is 16.1. The van der Waals surface area contributed by atoms with Crippen molar-refractivity contribution in [3.63, 3.8) is 0 Å². The lowest BCUT2D eigenvalue weighted by Crippen LogP contribution is -2.43. The van der Waals surface area contributed by atoms with Crippen LogP contribution in [0.3, 0.4) is 0 Å².